The predicted octanol–water partition coefficient (Wildman–Crippen LogP) is 3.09. The zero-order valence-corrected chi connectivity index (χ0v) is 13.6. The average molecular weight is 323 g/mol. The number of nitrogens with one attached hydrogen (secondary N) is 1. The first-order valence-corrected chi connectivity index (χ1v) is 8.21. The monoisotopic (exact) mass is 323 g/mol. The summed E-state index contributed by atoms with van der Waals surface area (Å²) in [4.78, 5) is 24.0. The molecule has 0 aliphatic heterocycles. The smallest absolute Gasteiger partial charge is 0.309 e. The molecule has 4 nitrogen and oxygen atoms in total. The number of hydrogen-bond acceptors (Lipinski definition) is 3. The summed E-state index contributed by atoms with van der Waals surface area (Å²) in [6, 6.07) is 19.2. The predicted molar refractivity (Wildman–Crippen MR) is 91.1 cm³/mol. The van der Waals surface area contributed by atoms with E-state index in [1.54, 1.807) is 0 Å². The Labute approximate surface area is 141 Å². The first-order chi connectivity index (χ1) is 11.6. The first-order valence-electron chi connectivity index (χ1n) is 8.21. The van der Waals surface area contributed by atoms with Crippen molar-refractivity contribution in [2.45, 2.75) is 19.4 Å². The van der Waals surface area contributed by atoms with Gasteiger partial charge in [0.2, 0.25) is 0 Å². The van der Waals surface area contributed by atoms with E-state index in [4.69, 9.17) is 4.74 Å². The normalized spacial score (nSPS) is 18.9. The fourth-order valence-electron chi connectivity index (χ4n) is 2.75. The molecule has 24 heavy (non-hydrogen) atoms. The zero-order valence-electron chi connectivity index (χ0n) is 13.6. The Kier molecular flexibility index (Phi) is 4.94. The highest BCUT2D eigenvalue weighted by Crippen LogP contribution is 2.38. The van der Waals surface area contributed by atoms with E-state index in [2.05, 4.69) is 5.32 Å². The minimum absolute atomic E-state index is 0.0307. The molecule has 3 rings (SSSR count). The molecule has 0 spiro atoms. The molecule has 4 heteroatoms. The molecule has 0 unspecified atom stereocenters. The van der Waals surface area contributed by atoms with Gasteiger partial charge >= 0.3 is 5.97 Å². The Bertz CT molecular complexity index is 660. The van der Waals surface area contributed by atoms with Gasteiger partial charge in [0.25, 0.3) is 5.91 Å². The van der Waals surface area contributed by atoms with Crippen molar-refractivity contribution in [1.82, 2.24) is 5.32 Å². The van der Waals surface area contributed by atoms with Gasteiger partial charge in [-0.2, -0.15) is 0 Å². The summed E-state index contributed by atoms with van der Waals surface area (Å²) < 4.78 is 5.12. The SMILES string of the molecule is C[C@@H]1C[C@@H]1C(=O)OCC(=O)NC(c1ccccc1)c1ccccc1. The third kappa shape index (κ3) is 4.02. The molecule has 1 aliphatic carbocycles. The maximum absolute atomic E-state index is 12.2. The van der Waals surface area contributed by atoms with Crippen LogP contribution < -0.4 is 5.32 Å². The number of ether oxygens (including phenoxy) is 1. The van der Waals surface area contributed by atoms with E-state index in [-0.39, 0.29) is 30.4 Å². The molecule has 0 radical (unpaired) electrons. The van der Waals surface area contributed by atoms with Crippen molar-refractivity contribution in [2.24, 2.45) is 11.8 Å². The second-order valence-electron chi connectivity index (χ2n) is 6.25. The minimum Gasteiger partial charge on any atom is -0.455 e. The van der Waals surface area contributed by atoms with Crippen molar-refractivity contribution < 1.29 is 14.3 Å². The molecule has 0 saturated heterocycles. The van der Waals surface area contributed by atoms with Crippen molar-refractivity contribution in [3.63, 3.8) is 0 Å². The Morgan fingerprint density at radius 1 is 1.04 bits per heavy atom. The van der Waals surface area contributed by atoms with Gasteiger partial charge in [0, 0.05) is 0 Å². The fourth-order valence-corrected chi connectivity index (χ4v) is 2.75. The van der Waals surface area contributed by atoms with E-state index in [9.17, 15) is 9.59 Å². The summed E-state index contributed by atoms with van der Waals surface area (Å²) >= 11 is 0. The summed E-state index contributed by atoms with van der Waals surface area (Å²) in [7, 11) is 0. The van der Waals surface area contributed by atoms with Crippen molar-refractivity contribution in [3.05, 3.63) is 71.8 Å². The molecule has 0 bridgehead atoms. The number of amides is 1. The van der Waals surface area contributed by atoms with E-state index in [1.165, 1.54) is 0 Å². The quantitative estimate of drug-likeness (QED) is 0.831. The summed E-state index contributed by atoms with van der Waals surface area (Å²) in [6.07, 6.45) is 0.858. The molecule has 1 amide bonds. The summed E-state index contributed by atoms with van der Waals surface area (Å²) in [5, 5.41) is 2.96. The topological polar surface area (TPSA) is 55.4 Å². The van der Waals surface area contributed by atoms with Crippen LogP contribution in [-0.2, 0) is 14.3 Å². The van der Waals surface area contributed by atoms with Crippen molar-refractivity contribution in [2.75, 3.05) is 6.61 Å². The zero-order chi connectivity index (χ0) is 16.9. The molecule has 2 atom stereocenters. The van der Waals surface area contributed by atoms with Gasteiger partial charge in [-0.25, -0.2) is 0 Å². The van der Waals surface area contributed by atoms with Gasteiger partial charge < -0.3 is 10.1 Å². The highest BCUT2D eigenvalue weighted by atomic mass is 16.5. The highest BCUT2D eigenvalue weighted by Gasteiger charge is 2.40. The van der Waals surface area contributed by atoms with E-state index < -0.39 is 0 Å². The Balaban J connectivity index is 1.65. The van der Waals surface area contributed by atoms with Crippen LogP contribution in [0.1, 0.15) is 30.5 Å². The number of benzene rings is 2. The van der Waals surface area contributed by atoms with Crippen molar-refractivity contribution in [1.29, 1.82) is 0 Å². The van der Waals surface area contributed by atoms with Crippen LogP contribution in [0.3, 0.4) is 0 Å². The fraction of sp³-hybridized carbons (Fsp3) is 0.300. The lowest BCUT2D eigenvalue weighted by atomic mass is 9.99. The van der Waals surface area contributed by atoms with Crippen LogP contribution in [0, 0.1) is 11.8 Å². The number of carbonyl (C=O) groups is 2. The van der Waals surface area contributed by atoms with Crippen LogP contribution in [0.5, 0.6) is 0 Å². The molecular formula is C20H21NO3. The number of hydrogen-bond donors (Lipinski definition) is 1. The molecule has 1 saturated carbocycles. The molecule has 1 fully saturated rings. The van der Waals surface area contributed by atoms with Crippen LogP contribution in [0.15, 0.2) is 60.7 Å². The van der Waals surface area contributed by atoms with E-state index in [1.807, 2.05) is 67.6 Å². The van der Waals surface area contributed by atoms with E-state index in [0.29, 0.717) is 5.92 Å². The maximum Gasteiger partial charge on any atom is 0.309 e. The van der Waals surface area contributed by atoms with Gasteiger partial charge in [-0.3, -0.25) is 9.59 Å². The van der Waals surface area contributed by atoms with E-state index in [0.717, 1.165) is 17.5 Å². The number of carbonyl (C=O) groups excluding carboxylic acids is 2. The molecule has 1 N–H and O–H groups in total. The standard InChI is InChI=1S/C20H21NO3/c1-14-12-17(14)20(23)24-13-18(22)21-19(15-8-4-2-5-9-15)16-10-6-3-7-11-16/h2-11,14,17,19H,12-13H2,1H3,(H,21,22)/t14-,17+/m1/s1. The van der Waals surface area contributed by atoms with Gasteiger partial charge in [0.05, 0.1) is 12.0 Å². The second-order valence-corrected chi connectivity index (χ2v) is 6.25. The molecule has 124 valence electrons. The van der Waals surface area contributed by atoms with Gasteiger partial charge in [-0.05, 0) is 23.5 Å². The lowest BCUT2D eigenvalue weighted by Gasteiger charge is -2.20. The summed E-state index contributed by atoms with van der Waals surface area (Å²) in [5.41, 5.74) is 1.97. The number of rotatable bonds is 6. The van der Waals surface area contributed by atoms with Gasteiger partial charge in [0.15, 0.2) is 6.61 Å². The molecule has 2 aromatic carbocycles. The molecular weight excluding hydrogens is 302 g/mol. The van der Waals surface area contributed by atoms with Crippen LogP contribution in [0.25, 0.3) is 0 Å². The van der Waals surface area contributed by atoms with Crippen LogP contribution in [0.4, 0.5) is 0 Å². The Morgan fingerprint density at radius 2 is 1.54 bits per heavy atom. The summed E-state index contributed by atoms with van der Waals surface area (Å²) in [6.45, 7) is 1.77. The third-order valence-corrected chi connectivity index (χ3v) is 4.33. The first kappa shape index (κ1) is 16.2. The van der Waals surface area contributed by atoms with Gasteiger partial charge in [-0.15, -0.1) is 0 Å². The van der Waals surface area contributed by atoms with Crippen molar-refractivity contribution >= 4 is 11.9 Å². The molecule has 0 aromatic heterocycles. The summed E-state index contributed by atoms with van der Waals surface area (Å²) in [5.74, 6) is -0.221. The maximum atomic E-state index is 12.2. The highest BCUT2D eigenvalue weighted by molar-refractivity contribution is 5.82. The van der Waals surface area contributed by atoms with Gasteiger partial charge in [-0.1, -0.05) is 67.6 Å². The molecule has 0 heterocycles. The Morgan fingerprint density at radius 3 is 2.00 bits per heavy atom. The average Bonchev–Trinajstić information content (AvgIpc) is 3.36. The van der Waals surface area contributed by atoms with Crippen LogP contribution in [0.2, 0.25) is 0 Å². The van der Waals surface area contributed by atoms with E-state index >= 15 is 0 Å². The van der Waals surface area contributed by atoms with Gasteiger partial charge in [0.1, 0.15) is 0 Å². The molecule has 2 aromatic rings. The minimum atomic E-state index is -0.297. The second kappa shape index (κ2) is 7.30. The molecule has 1 aliphatic rings. The van der Waals surface area contributed by atoms with Crippen LogP contribution >= 0.6 is 0 Å². The largest absolute Gasteiger partial charge is 0.455 e. The number of esters is 1. The van der Waals surface area contributed by atoms with Crippen molar-refractivity contribution in [3.8, 4) is 0 Å². The lowest BCUT2D eigenvalue weighted by Crippen LogP contribution is -2.33. The Hall–Kier alpha value is -2.62. The van der Waals surface area contributed by atoms with Crippen LogP contribution in [-0.4, -0.2) is 18.5 Å². The lowest BCUT2D eigenvalue weighted by molar-refractivity contribution is -0.150. The third-order valence-electron chi connectivity index (χ3n) is 4.33.